The van der Waals surface area contributed by atoms with E-state index in [1.54, 1.807) is 11.3 Å². The fraction of sp³-hybridized carbons (Fsp3) is 0.316. The highest BCUT2D eigenvalue weighted by atomic mass is 32.1. The van der Waals surface area contributed by atoms with Gasteiger partial charge < -0.3 is 9.47 Å². The Morgan fingerprint density at radius 3 is 2.78 bits per heavy atom. The molecule has 0 N–H and O–H groups in total. The minimum absolute atomic E-state index is 0.109. The van der Waals surface area contributed by atoms with Crippen LogP contribution in [0, 0.1) is 5.92 Å². The number of hydrogen-bond donors (Lipinski definition) is 0. The Morgan fingerprint density at radius 1 is 1.26 bits per heavy atom. The number of rotatable bonds is 5. The van der Waals surface area contributed by atoms with E-state index in [-0.39, 0.29) is 5.91 Å². The van der Waals surface area contributed by atoms with E-state index in [4.69, 9.17) is 0 Å². The Morgan fingerprint density at radius 2 is 2.04 bits per heavy atom. The zero-order chi connectivity index (χ0) is 15.8. The number of aromatic nitrogens is 1. The Bertz CT molecular complexity index is 830. The summed E-state index contributed by atoms with van der Waals surface area (Å²) in [7, 11) is 1.89. The van der Waals surface area contributed by atoms with Crippen molar-refractivity contribution in [3.63, 3.8) is 0 Å². The minimum Gasteiger partial charge on any atom is -0.336 e. The lowest BCUT2D eigenvalue weighted by Crippen LogP contribution is -2.28. The lowest BCUT2D eigenvalue weighted by molar-refractivity contribution is 0.0774. The van der Waals surface area contributed by atoms with Gasteiger partial charge in [-0.3, -0.25) is 4.79 Å². The smallest absolute Gasteiger partial charge is 0.270 e. The summed E-state index contributed by atoms with van der Waals surface area (Å²) in [4.78, 5) is 14.8. The van der Waals surface area contributed by atoms with Crippen LogP contribution in [0.1, 0.15) is 28.9 Å². The van der Waals surface area contributed by atoms with Gasteiger partial charge in [-0.15, -0.1) is 11.3 Å². The maximum absolute atomic E-state index is 12.9. The Labute approximate surface area is 140 Å². The average molecular weight is 324 g/mol. The molecule has 1 fully saturated rings. The lowest BCUT2D eigenvalue weighted by atomic mass is 10.2. The van der Waals surface area contributed by atoms with E-state index in [9.17, 15) is 4.79 Å². The van der Waals surface area contributed by atoms with E-state index in [0.29, 0.717) is 6.54 Å². The monoisotopic (exact) mass is 324 g/mol. The molecule has 0 spiro atoms. The van der Waals surface area contributed by atoms with Gasteiger partial charge in [0.1, 0.15) is 5.69 Å². The number of carbonyl (C=O) groups is 1. The predicted molar refractivity (Wildman–Crippen MR) is 94.8 cm³/mol. The molecular formula is C19H20N2OS. The second-order valence-electron chi connectivity index (χ2n) is 6.40. The number of benzene rings is 1. The van der Waals surface area contributed by atoms with E-state index in [1.165, 1.54) is 23.1 Å². The number of carbonyl (C=O) groups excluding carboxylic acids is 1. The fourth-order valence-corrected chi connectivity index (χ4v) is 3.86. The van der Waals surface area contributed by atoms with Crippen molar-refractivity contribution in [1.29, 1.82) is 0 Å². The normalized spacial score (nSPS) is 14.3. The van der Waals surface area contributed by atoms with Crippen molar-refractivity contribution < 1.29 is 4.79 Å². The largest absolute Gasteiger partial charge is 0.336 e. The van der Waals surface area contributed by atoms with Gasteiger partial charge >= 0.3 is 0 Å². The molecule has 2 aromatic heterocycles. The standard InChI is InChI=1S/C19H20N2OS/c1-20(12-14-5-3-2-4-6-14)19(22)17-11-18-16(9-10-23-18)21(17)13-15-7-8-15/h2-6,9-11,15H,7-8,12-13H2,1H3. The van der Waals surface area contributed by atoms with Gasteiger partial charge in [-0.25, -0.2) is 0 Å². The molecule has 0 radical (unpaired) electrons. The summed E-state index contributed by atoms with van der Waals surface area (Å²) in [6.07, 6.45) is 2.58. The van der Waals surface area contributed by atoms with E-state index < -0.39 is 0 Å². The van der Waals surface area contributed by atoms with Gasteiger partial charge in [0.25, 0.3) is 5.91 Å². The third kappa shape index (κ3) is 2.91. The molecule has 2 heterocycles. The van der Waals surface area contributed by atoms with E-state index in [1.807, 2.05) is 30.1 Å². The molecule has 1 aliphatic carbocycles. The Hall–Kier alpha value is -2.07. The first-order valence-corrected chi connectivity index (χ1v) is 8.96. The van der Waals surface area contributed by atoms with Crippen molar-refractivity contribution in [2.45, 2.75) is 25.9 Å². The van der Waals surface area contributed by atoms with Crippen LogP contribution in [0.25, 0.3) is 10.2 Å². The van der Waals surface area contributed by atoms with Gasteiger partial charge in [-0.05, 0) is 41.8 Å². The summed E-state index contributed by atoms with van der Waals surface area (Å²) in [6.45, 7) is 1.61. The summed E-state index contributed by atoms with van der Waals surface area (Å²) in [6, 6.07) is 14.3. The topological polar surface area (TPSA) is 25.2 Å². The van der Waals surface area contributed by atoms with Gasteiger partial charge in [0.2, 0.25) is 0 Å². The quantitative estimate of drug-likeness (QED) is 0.683. The van der Waals surface area contributed by atoms with Gasteiger partial charge in [-0.2, -0.15) is 0 Å². The summed E-state index contributed by atoms with van der Waals surface area (Å²) in [5, 5.41) is 2.11. The van der Waals surface area contributed by atoms with Gasteiger partial charge in [0, 0.05) is 20.1 Å². The van der Waals surface area contributed by atoms with Crippen molar-refractivity contribution in [3.8, 4) is 0 Å². The number of nitrogens with zero attached hydrogens (tertiary/aromatic N) is 2. The molecule has 118 valence electrons. The molecule has 3 nitrogen and oxygen atoms in total. The molecule has 0 aliphatic heterocycles. The first kappa shape index (κ1) is 14.5. The number of hydrogen-bond acceptors (Lipinski definition) is 2. The van der Waals surface area contributed by atoms with Crippen molar-refractivity contribution in [3.05, 3.63) is 59.1 Å². The van der Waals surface area contributed by atoms with Crippen LogP contribution in [0.5, 0.6) is 0 Å². The van der Waals surface area contributed by atoms with Crippen LogP contribution >= 0.6 is 11.3 Å². The molecule has 1 aromatic carbocycles. The van der Waals surface area contributed by atoms with Crippen LogP contribution in [0.15, 0.2) is 47.8 Å². The fourth-order valence-electron chi connectivity index (χ4n) is 3.03. The Balaban J connectivity index is 1.62. The van der Waals surface area contributed by atoms with E-state index >= 15 is 0 Å². The number of amides is 1. The van der Waals surface area contributed by atoms with E-state index in [0.717, 1.165) is 23.7 Å². The molecule has 4 heteroatoms. The van der Waals surface area contributed by atoms with Crippen LogP contribution in [0.4, 0.5) is 0 Å². The van der Waals surface area contributed by atoms with Crippen molar-refractivity contribution in [1.82, 2.24) is 9.47 Å². The molecule has 0 atom stereocenters. The molecule has 3 aromatic rings. The van der Waals surface area contributed by atoms with Gasteiger partial charge in [0.05, 0.1) is 10.2 Å². The SMILES string of the molecule is CN(Cc1ccccc1)C(=O)c1cc2sccc2n1CC1CC1. The Kier molecular flexibility index (Phi) is 3.69. The second-order valence-corrected chi connectivity index (χ2v) is 7.35. The third-order valence-corrected chi connectivity index (χ3v) is 5.34. The number of fused-ring (bicyclic) bond motifs is 1. The molecule has 0 unspecified atom stereocenters. The maximum atomic E-state index is 12.9. The van der Waals surface area contributed by atoms with Crippen LogP contribution in [-0.4, -0.2) is 22.4 Å². The average Bonchev–Trinajstić information content (AvgIpc) is 3.15. The molecule has 4 rings (SSSR count). The van der Waals surface area contributed by atoms with Crippen molar-refractivity contribution >= 4 is 27.5 Å². The van der Waals surface area contributed by atoms with Crippen LogP contribution in [-0.2, 0) is 13.1 Å². The first-order chi connectivity index (χ1) is 11.2. The highest BCUT2D eigenvalue weighted by Crippen LogP contribution is 2.34. The van der Waals surface area contributed by atoms with Crippen molar-refractivity contribution in [2.75, 3.05) is 7.05 Å². The highest BCUT2D eigenvalue weighted by Gasteiger charge is 2.26. The van der Waals surface area contributed by atoms with Gasteiger partial charge in [0.15, 0.2) is 0 Å². The van der Waals surface area contributed by atoms with E-state index in [2.05, 4.69) is 34.2 Å². The molecule has 23 heavy (non-hydrogen) atoms. The van der Waals surface area contributed by atoms with Crippen molar-refractivity contribution in [2.24, 2.45) is 5.92 Å². The summed E-state index contributed by atoms with van der Waals surface area (Å²) >= 11 is 1.71. The summed E-state index contributed by atoms with van der Waals surface area (Å²) in [5.74, 6) is 0.856. The van der Waals surface area contributed by atoms with Crippen LogP contribution in [0.2, 0.25) is 0 Å². The first-order valence-electron chi connectivity index (χ1n) is 8.08. The van der Waals surface area contributed by atoms with Crippen LogP contribution < -0.4 is 0 Å². The molecule has 1 amide bonds. The summed E-state index contributed by atoms with van der Waals surface area (Å²) in [5.41, 5.74) is 3.20. The molecular weight excluding hydrogens is 304 g/mol. The van der Waals surface area contributed by atoms with Crippen LogP contribution in [0.3, 0.4) is 0 Å². The lowest BCUT2D eigenvalue weighted by Gasteiger charge is -2.19. The zero-order valence-corrected chi connectivity index (χ0v) is 14.1. The molecule has 1 saturated carbocycles. The zero-order valence-electron chi connectivity index (χ0n) is 13.2. The maximum Gasteiger partial charge on any atom is 0.270 e. The molecule has 1 aliphatic rings. The predicted octanol–water partition coefficient (Wildman–Crippen LogP) is 4.39. The molecule has 0 saturated heterocycles. The highest BCUT2D eigenvalue weighted by molar-refractivity contribution is 7.17. The molecule has 0 bridgehead atoms. The number of thiophene rings is 1. The summed E-state index contributed by atoms with van der Waals surface area (Å²) < 4.78 is 3.44. The third-order valence-electron chi connectivity index (χ3n) is 4.49. The van der Waals surface area contributed by atoms with Gasteiger partial charge in [-0.1, -0.05) is 30.3 Å². The second kappa shape index (κ2) is 5.85. The minimum atomic E-state index is 0.109.